The first-order valence-electron chi connectivity index (χ1n) is 3.05. The van der Waals surface area contributed by atoms with Crippen molar-refractivity contribution in [3.63, 3.8) is 0 Å². The molecule has 0 aliphatic heterocycles. The first kappa shape index (κ1) is 8.36. The van der Waals surface area contributed by atoms with Gasteiger partial charge in [-0.15, -0.1) is 8.42 Å². The smallest absolute Gasteiger partial charge is 0.128 e. The zero-order valence-electron chi connectivity index (χ0n) is 5.73. The minimum Gasteiger partial charge on any atom is -0.128 e. The van der Waals surface area contributed by atoms with Gasteiger partial charge in [-0.3, -0.25) is 0 Å². The van der Waals surface area contributed by atoms with Crippen LogP contribution in [-0.4, -0.2) is 8.42 Å². The third-order valence-corrected chi connectivity index (χ3v) is 2.74. The molecule has 58 valence electrons. The zero-order chi connectivity index (χ0) is 8.10. The van der Waals surface area contributed by atoms with Crippen molar-refractivity contribution < 1.29 is 8.42 Å². The van der Waals surface area contributed by atoms with Gasteiger partial charge in [-0.1, -0.05) is 30.3 Å². The molecule has 0 aromatic heterocycles. The van der Waals surface area contributed by atoms with E-state index < -0.39 is 9.26 Å². The minimum absolute atomic E-state index is 0.525. The second kappa shape index (κ2) is 4.20. The molecule has 0 saturated heterocycles. The summed E-state index contributed by atoms with van der Waals surface area (Å²) in [5.41, 5.74) is 1.03. The Morgan fingerprint density at radius 2 is 1.82 bits per heavy atom. The molecule has 0 heterocycles. The quantitative estimate of drug-likeness (QED) is 0.649. The predicted octanol–water partition coefficient (Wildman–Crippen LogP) is 1.06. The summed E-state index contributed by atoms with van der Waals surface area (Å²) in [5, 5.41) is 0. The Kier molecular flexibility index (Phi) is 3.19. The molecule has 0 N–H and O–H groups in total. The fraction of sp³-hybridized carbons (Fsp3) is 0.143. The fourth-order valence-corrected chi connectivity index (χ4v) is 1.81. The maximum atomic E-state index is 10.1. The SMILES string of the molecule is O=S(=O)=[S+]Cc1ccccc1. The number of benzene rings is 1. The number of rotatable bonds is 2. The van der Waals surface area contributed by atoms with E-state index in [0.29, 0.717) is 5.75 Å². The lowest BCUT2D eigenvalue weighted by Crippen LogP contribution is -1.80. The lowest BCUT2D eigenvalue weighted by Gasteiger charge is -1.83. The van der Waals surface area contributed by atoms with Gasteiger partial charge in [0.05, 0.1) is 0 Å². The maximum Gasteiger partial charge on any atom is 0.471 e. The fourth-order valence-electron chi connectivity index (χ4n) is 0.690. The Labute approximate surface area is 70.0 Å². The molecule has 0 saturated carbocycles. The zero-order valence-corrected chi connectivity index (χ0v) is 7.36. The van der Waals surface area contributed by atoms with Crippen molar-refractivity contribution in [1.29, 1.82) is 0 Å². The van der Waals surface area contributed by atoms with Gasteiger partial charge in [-0.25, -0.2) is 0 Å². The predicted molar refractivity (Wildman–Crippen MR) is 46.4 cm³/mol. The summed E-state index contributed by atoms with van der Waals surface area (Å²) in [5.74, 6) is 0.525. The van der Waals surface area contributed by atoms with Crippen LogP contribution in [0.2, 0.25) is 0 Å². The molecule has 11 heavy (non-hydrogen) atoms. The highest BCUT2D eigenvalue weighted by Gasteiger charge is 1.98. The van der Waals surface area contributed by atoms with Crippen LogP contribution < -0.4 is 0 Å². The number of hydrogen-bond acceptors (Lipinski definition) is 2. The topological polar surface area (TPSA) is 34.1 Å². The van der Waals surface area contributed by atoms with E-state index >= 15 is 0 Å². The normalized spacial score (nSPS) is 9.09. The molecule has 0 atom stereocenters. The van der Waals surface area contributed by atoms with E-state index in [1.54, 1.807) is 0 Å². The van der Waals surface area contributed by atoms with Crippen molar-refractivity contribution in [2.75, 3.05) is 0 Å². The van der Waals surface area contributed by atoms with Crippen molar-refractivity contribution in [3.8, 4) is 0 Å². The molecule has 0 unspecified atom stereocenters. The van der Waals surface area contributed by atoms with Crippen LogP contribution in [0, 0.1) is 0 Å². The van der Waals surface area contributed by atoms with E-state index in [-0.39, 0.29) is 0 Å². The van der Waals surface area contributed by atoms with Gasteiger partial charge in [-0.05, 0) is 0 Å². The van der Waals surface area contributed by atoms with E-state index in [1.165, 1.54) is 0 Å². The van der Waals surface area contributed by atoms with E-state index in [4.69, 9.17) is 0 Å². The summed E-state index contributed by atoms with van der Waals surface area (Å²) in [6, 6.07) is 9.50. The summed E-state index contributed by atoms with van der Waals surface area (Å²) in [6.07, 6.45) is 0. The van der Waals surface area contributed by atoms with Crippen LogP contribution in [0.4, 0.5) is 0 Å². The maximum absolute atomic E-state index is 10.1. The molecule has 2 nitrogen and oxygen atoms in total. The van der Waals surface area contributed by atoms with Gasteiger partial charge < -0.3 is 0 Å². The highest BCUT2D eigenvalue weighted by molar-refractivity contribution is 8.23. The standard InChI is InChI=1S/C7H7O2S2/c8-11(9)10-6-7-4-2-1-3-5-7/h1-5H,6H2/q+1. The third kappa shape index (κ3) is 3.25. The van der Waals surface area contributed by atoms with Crippen LogP contribution in [0.5, 0.6) is 0 Å². The largest absolute Gasteiger partial charge is 0.471 e. The summed E-state index contributed by atoms with van der Waals surface area (Å²) in [4.78, 5) is 0. The van der Waals surface area contributed by atoms with E-state index in [0.717, 1.165) is 15.9 Å². The number of hydrogen-bond donors (Lipinski definition) is 0. The van der Waals surface area contributed by atoms with Crippen LogP contribution in [0.15, 0.2) is 30.3 Å². The first-order chi connectivity index (χ1) is 5.29. The van der Waals surface area contributed by atoms with Gasteiger partial charge in [0.1, 0.15) is 0 Å². The summed E-state index contributed by atoms with van der Waals surface area (Å²) >= 11 is 0. The Bertz CT molecular complexity index is 332. The van der Waals surface area contributed by atoms with Gasteiger partial charge in [0.25, 0.3) is 0 Å². The minimum atomic E-state index is -2.00. The average molecular weight is 187 g/mol. The van der Waals surface area contributed by atoms with Crippen molar-refractivity contribution in [1.82, 2.24) is 0 Å². The van der Waals surface area contributed by atoms with Crippen LogP contribution in [0.3, 0.4) is 0 Å². The van der Waals surface area contributed by atoms with Crippen LogP contribution in [0.1, 0.15) is 5.56 Å². The monoisotopic (exact) mass is 187 g/mol. The van der Waals surface area contributed by atoms with Gasteiger partial charge >= 0.3 is 19.6 Å². The molecule has 0 aliphatic carbocycles. The van der Waals surface area contributed by atoms with Crippen molar-refractivity contribution in [3.05, 3.63) is 35.9 Å². The molecule has 1 aromatic rings. The van der Waals surface area contributed by atoms with E-state index in [9.17, 15) is 8.42 Å². The molecule has 1 aromatic carbocycles. The molecule has 0 radical (unpaired) electrons. The highest BCUT2D eigenvalue weighted by Crippen LogP contribution is 1.97. The molecular weight excluding hydrogens is 180 g/mol. The second-order valence-corrected chi connectivity index (χ2v) is 4.41. The van der Waals surface area contributed by atoms with Crippen LogP contribution in [0.25, 0.3) is 0 Å². The third-order valence-electron chi connectivity index (χ3n) is 1.16. The Balaban J connectivity index is 2.74. The summed E-state index contributed by atoms with van der Waals surface area (Å²) < 4.78 is 20.3. The van der Waals surface area contributed by atoms with Gasteiger partial charge in [-0.2, -0.15) is 0 Å². The molecule has 0 aliphatic rings. The second-order valence-electron chi connectivity index (χ2n) is 1.95. The molecule has 4 heteroatoms. The van der Waals surface area contributed by atoms with Crippen molar-refractivity contribution in [2.24, 2.45) is 0 Å². The summed E-state index contributed by atoms with van der Waals surface area (Å²) in [7, 11) is -1.10. The van der Waals surface area contributed by atoms with Crippen molar-refractivity contribution >= 4 is 19.6 Å². The molecule has 0 bridgehead atoms. The lowest BCUT2D eigenvalue weighted by atomic mass is 10.2. The Morgan fingerprint density at radius 1 is 1.18 bits per heavy atom. The molecular formula is C7H7O2S2+. The van der Waals surface area contributed by atoms with Gasteiger partial charge in [0.15, 0.2) is 0 Å². The lowest BCUT2D eigenvalue weighted by molar-refractivity contribution is 0.628. The van der Waals surface area contributed by atoms with Crippen LogP contribution in [-0.2, 0) is 25.3 Å². The first-order valence-corrected chi connectivity index (χ1v) is 5.63. The highest BCUT2D eigenvalue weighted by atomic mass is 32.8. The van der Waals surface area contributed by atoms with E-state index in [2.05, 4.69) is 0 Å². The average Bonchev–Trinajstić information content (AvgIpc) is 2.03. The van der Waals surface area contributed by atoms with Gasteiger partial charge in [0, 0.05) is 5.56 Å². The molecule has 0 spiro atoms. The molecule has 0 amide bonds. The van der Waals surface area contributed by atoms with Gasteiger partial charge in [0.2, 0.25) is 5.75 Å². The van der Waals surface area contributed by atoms with Crippen molar-refractivity contribution in [2.45, 2.75) is 5.75 Å². The Morgan fingerprint density at radius 3 is 2.36 bits per heavy atom. The van der Waals surface area contributed by atoms with Crippen LogP contribution >= 0.6 is 0 Å². The Hall–Kier alpha value is -0.740. The molecule has 1 rings (SSSR count). The molecule has 0 fully saturated rings. The summed E-state index contributed by atoms with van der Waals surface area (Å²) in [6.45, 7) is 0. The van der Waals surface area contributed by atoms with E-state index in [1.807, 2.05) is 30.3 Å².